The molecule has 0 aliphatic rings. The fourth-order valence-electron chi connectivity index (χ4n) is 2.84. The van der Waals surface area contributed by atoms with Crippen molar-refractivity contribution in [2.24, 2.45) is 0 Å². The molecule has 1 heterocycles. The molecule has 106 valence electrons. The number of benzene rings is 2. The molecule has 21 heavy (non-hydrogen) atoms. The molecule has 1 aromatic heterocycles. The molecule has 0 bridgehead atoms. The molecule has 0 fully saturated rings. The molecular weight excluding hydrogens is 260 g/mol. The smallest absolute Gasteiger partial charge is 0.195 e. The first kappa shape index (κ1) is 13.6. The zero-order valence-corrected chi connectivity index (χ0v) is 12.3. The van der Waals surface area contributed by atoms with Gasteiger partial charge in [-0.05, 0) is 31.0 Å². The molecule has 1 unspecified atom stereocenters. The molecule has 0 N–H and O–H groups in total. The van der Waals surface area contributed by atoms with Gasteiger partial charge in [0.25, 0.3) is 0 Å². The predicted octanol–water partition coefficient (Wildman–Crippen LogP) is 4.64. The molecule has 2 nitrogen and oxygen atoms in total. The summed E-state index contributed by atoms with van der Waals surface area (Å²) in [4.78, 5) is 12.5. The van der Waals surface area contributed by atoms with E-state index in [4.69, 9.17) is 4.42 Å². The van der Waals surface area contributed by atoms with Gasteiger partial charge in [0.1, 0.15) is 11.3 Å². The highest BCUT2D eigenvalue weighted by Gasteiger charge is 2.20. The fraction of sp³-hybridized carbons (Fsp3) is 0.211. The van der Waals surface area contributed by atoms with Crippen LogP contribution in [0.4, 0.5) is 0 Å². The summed E-state index contributed by atoms with van der Waals surface area (Å²) < 4.78 is 6.08. The monoisotopic (exact) mass is 278 g/mol. The highest BCUT2D eigenvalue weighted by molar-refractivity contribution is 5.77. The number of para-hydroxylation sites is 1. The predicted molar refractivity (Wildman–Crippen MR) is 85.8 cm³/mol. The quantitative estimate of drug-likeness (QED) is 0.698. The van der Waals surface area contributed by atoms with Crippen molar-refractivity contribution >= 4 is 11.0 Å². The van der Waals surface area contributed by atoms with Crippen molar-refractivity contribution in [2.45, 2.75) is 26.2 Å². The van der Waals surface area contributed by atoms with E-state index in [0.29, 0.717) is 16.5 Å². The second-order valence-electron chi connectivity index (χ2n) is 5.29. The molecule has 0 aliphatic heterocycles. The average molecular weight is 278 g/mol. The van der Waals surface area contributed by atoms with Gasteiger partial charge in [-0.2, -0.15) is 0 Å². The largest absolute Gasteiger partial charge is 0.460 e. The summed E-state index contributed by atoms with van der Waals surface area (Å²) in [5, 5.41) is 0.654. The maximum Gasteiger partial charge on any atom is 0.195 e. The Bertz CT molecular complexity index is 816. The summed E-state index contributed by atoms with van der Waals surface area (Å²) in [5.74, 6) is 0.899. The molecular formula is C19H18O2. The van der Waals surface area contributed by atoms with E-state index in [1.165, 1.54) is 5.56 Å². The standard InChI is InChI=1S/C19H18O2/c1-3-15(14-9-5-4-6-10-14)19-13(2)18(20)16-11-7-8-12-17(16)21-19/h4-12,15H,3H2,1-2H3. The maximum absolute atomic E-state index is 12.5. The second-order valence-corrected chi connectivity index (χ2v) is 5.29. The van der Waals surface area contributed by atoms with Crippen LogP contribution >= 0.6 is 0 Å². The van der Waals surface area contributed by atoms with Crippen molar-refractivity contribution < 1.29 is 4.42 Å². The molecule has 0 radical (unpaired) electrons. The van der Waals surface area contributed by atoms with E-state index in [-0.39, 0.29) is 11.3 Å². The van der Waals surface area contributed by atoms with Crippen LogP contribution in [0.2, 0.25) is 0 Å². The fourth-order valence-corrected chi connectivity index (χ4v) is 2.84. The van der Waals surface area contributed by atoms with Crippen LogP contribution in [0.5, 0.6) is 0 Å². The Morgan fingerprint density at radius 1 is 1.00 bits per heavy atom. The molecule has 2 aromatic carbocycles. The Balaban J connectivity index is 2.24. The van der Waals surface area contributed by atoms with E-state index >= 15 is 0 Å². The lowest BCUT2D eigenvalue weighted by molar-refractivity contribution is 0.495. The van der Waals surface area contributed by atoms with Gasteiger partial charge in [-0.1, -0.05) is 49.4 Å². The van der Waals surface area contributed by atoms with Crippen molar-refractivity contribution in [3.8, 4) is 0 Å². The van der Waals surface area contributed by atoms with Crippen molar-refractivity contribution in [2.75, 3.05) is 0 Å². The minimum atomic E-state index is 0.0706. The molecule has 3 rings (SSSR count). The minimum absolute atomic E-state index is 0.0706. The van der Waals surface area contributed by atoms with Crippen LogP contribution in [0, 0.1) is 6.92 Å². The summed E-state index contributed by atoms with van der Waals surface area (Å²) in [6, 6.07) is 17.7. The van der Waals surface area contributed by atoms with Gasteiger partial charge in [0, 0.05) is 11.5 Å². The van der Waals surface area contributed by atoms with E-state index in [1.807, 2.05) is 49.4 Å². The van der Waals surface area contributed by atoms with Crippen LogP contribution in [-0.4, -0.2) is 0 Å². The van der Waals surface area contributed by atoms with Gasteiger partial charge >= 0.3 is 0 Å². The Morgan fingerprint density at radius 2 is 1.67 bits per heavy atom. The lowest BCUT2D eigenvalue weighted by Gasteiger charge is -2.17. The van der Waals surface area contributed by atoms with E-state index < -0.39 is 0 Å². The first-order valence-corrected chi connectivity index (χ1v) is 7.29. The summed E-state index contributed by atoms with van der Waals surface area (Å²) in [7, 11) is 0. The molecule has 3 aromatic rings. The topological polar surface area (TPSA) is 30.2 Å². The van der Waals surface area contributed by atoms with Gasteiger partial charge in [-0.15, -0.1) is 0 Å². The summed E-state index contributed by atoms with van der Waals surface area (Å²) in [6.07, 6.45) is 0.895. The Kier molecular flexibility index (Phi) is 3.61. The third-order valence-corrected chi connectivity index (χ3v) is 3.99. The zero-order valence-electron chi connectivity index (χ0n) is 12.3. The number of fused-ring (bicyclic) bond motifs is 1. The zero-order chi connectivity index (χ0) is 14.8. The van der Waals surface area contributed by atoms with Crippen LogP contribution in [0.25, 0.3) is 11.0 Å². The third kappa shape index (κ3) is 2.38. The summed E-state index contributed by atoms with van der Waals surface area (Å²) >= 11 is 0. The molecule has 0 spiro atoms. The number of rotatable bonds is 3. The van der Waals surface area contributed by atoms with Crippen LogP contribution in [0.1, 0.15) is 36.1 Å². The Labute approximate surface area is 124 Å². The molecule has 2 heteroatoms. The van der Waals surface area contributed by atoms with E-state index in [0.717, 1.165) is 12.2 Å². The van der Waals surface area contributed by atoms with Gasteiger partial charge in [-0.3, -0.25) is 4.79 Å². The van der Waals surface area contributed by atoms with Crippen LogP contribution < -0.4 is 5.43 Å². The van der Waals surface area contributed by atoms with Gasteiger partial charge in [0.2, 0.25) is 0 Å². The normalized spacial score (nSPS) is 12.5. The summed E-state index contributed by atoms with van der Waals surface area (Å²) in [5.41, 5.74) is 2.63. The number of hydrogen-bond donors (Lipinski definition) is 0. The molecule has 0 saturated heterocycles. The average Bonchev–Trinajstić information content (AvgIpc) is 2.54. The summed E-state index contributed by atoms with van der Waals surface area (Å²) in [6.45, 7) is 3.98. The second kappa shape index (κ2) is 5.57. The number of hydrogen-bond acceptors (Lipinski definition) is 2. The minimum Gasteiger partial charge on any atom is -0.460 e. The van der Waals surface area contributed by atoms with E-state index in [9.17, 15) is 4.79 Å². The van der Waals surface area contributed by atoms with Crippen LogP contribution in [0.3, 0.4) is 0 Å². The lowest BCUT2D eigenvalue weighted by atomic mass is 9.91. The van der Waals surface area contributed by atoms with Crippen molar-refractivity contribution in [3.05, 3.63) is 81.7 Å². The Morgan fingerprint density at radius 3 is 2.38 bits per heavy atom. The Hall–Kier alpha value is -2.35. The van der Waals surface area contributed by atoms with Crippen LogP contribution in [0.15, 0.2) is 63.8 Å². The molecule has 0 amide bonds. The van der Waals surface area contributed by atoms with Gasteiger partial charge in [-0.25, -0.2) is 0 Å². The van der Waals surface area contributed by atoms with Gasteiger partial charge in [0.15, 0.2) is 5.43 Å². The van der Waals surface area contributed by atoms with E-state index in [1.54, 1.807) is 0 Å². The SMILES string of the molecule is CCC(c1ccccc1)c1oc2ccccc2c(=O)c1C. The van der Waals surface area contributed by atoms with Gasteiger partial charge < -0.3 is 4.42 Å². The van der Waals surface area contributed by atoms with Crippen molar-refractivity contribution in [3.63, 3.8) is 0 Å². The van der Waals surface area contributed by atoms with E-state index in [2.05, 4.69) is 19.1 Å². The lowest BCUT2D eigenvalue weighted by Crippen LogP contribution is -2.12. The van der Waals surface area contributed by atoms with Crippen molar-refractivity contribution in [1.82, 2.24) is 0 Å². The first-order valence-electron chi connectivity index (χ1n) is 7.29. The van der Waals surface area contributed by atoms with Gasteiger partial charge in [0.05, 0.1) is 5.39 Å². The van der Waals surface area contributed by atoms with Crippen molar-refractivity contribution in [1.29, 1.82) is 0 Å². The molecule has 1 atom stereocenters. The first-order chi connectivity index (χ1) is 10.2. The molecule has 0 aliphatic carbocycles. The highest BCUT2D eigenvalue weighted by atomic mass is 16.3. The molecule has 0 saturated carbocycles. The third-order valence-electron chi connectivity index (χ3n) is 3.99. The van der Waals surface area contributed by atoms with Crippen LogP contribution in [-0.2, 0) is 0 Å². The highest BCUT2D eigenvalue weighted by Crippen LogP contribution is 2.30. The maximum atomic E-state index is 12.5.